The van der Waals surface area contributed by atoms with Gasteiger partial charge in [-0.25, -0.2) is 17.9 Å². The lowest BCUT2D eigenvalue weighted by atomic mass is 10.1. The van der Waals surface area contributed by atoms with Gasteiger partial charge in [0.15, 0.2) is 0 Å². The standard InChI is InChI=1S/C30H34N4O5S/c1-6-18-34(20-22-10-9-11-24(19-22)28-31-21(2)39-32-28)29(35)38-25-16-14-23(15-17-25)26-12-7-8-13-27(26)40(36,37)33-30(3,4)5/h7-17,19,33H,6,18,20H2,1-5H3. The van der Waals surface area contributed by atoms with E-state index >= 15 is 0 Å². The fraction of sp³-hybridized carbons (Fsp3) is 0.300. The van der Waals surface area contributed by atoms with Crippen molar-refractivity contribution in [2.24, 2.45) is 0 Å². The summed E-state index contributed by atoms with van der Waals surface area (Å²) in [6.45, 7) is 9.97. The Kier molecular flexibility index (Phi) is 8.70. The van der Waals surface area contributed by atoms with E-state index in [-0.39, 0.29) is 4.90 Å². The number of rotatable bonds is 9. The van der Waals surface area contributed by atoms with Gasteiger partial charge in [0.25, 0.3) is 0 Å². The Labute approximate surface area is 235 Å². The van der Waals surface area contributed by atoms with Crippen molar-refractivity contribution in [2.75, 3.05) is 6.54 Å². The van der Waals surface area contributed by atoms with Crippen molar-refractivity contribution in [1.29, 1.82) is 0 Å². The van der Waals surface area contributed by atoms with E-state index in [1.54, 1.807) is 81.1 Å². The SMILES string of the molecule is CCCN(Cc1cccc(-c2noc(C)n2)c1)C(=O)Oc1ccc(-c2ccccc2S(=O)(=O)NC(C)(C)C)cc1. The van der Waals surface area contributed by atoms with E-state index in [0.717, 1.165) is 17.5 Å². The maximum atomic E-state index is 13.1. The Hall–Kier alpha value is -4.02. The molecule has 210 valence electrons. The molecule has 0 saturated heterocycles. The Morgan fingerprint density at radius 1 is 1.00 bits per heavy atom. The van der Waals surface area contributed by atoms with Gasteiger partial charge in [-0.3, -0.25) is 0 Å². The zero-order valence-corrected chi connectivity index (χ0v) is 24.2. The van der Waals surface area contributed by atoms with E-state index in [1.807, 2.05) is 31.2 Å². The van der Waals surface area contributed by atoms with E-state index < -0.39 is 21.7 Å². The minimum absolute atomic E-state index is 0.182. The van der Waals surface area contributed by atoms with Gasteiger partial charge in [-0.05, 0) is 62.6 Å². The van der Waals surface area contributed by atoms with Gasteiger partial charge in [0, 0.05) is 36.7 Å². The monoisotopic (exact) mass is 562 g/mol. The summed E-state index contributed by atoms with van der Waals surface area (Å²) in [6.07, 6.45) is 0.277. The number of hydrogen-bond donors (Lipinski definition) is 1. The van der Waals surface area contributed by atoms with Crippen molar-refractivity contribution in [3.8, 4) is 28.3 Å². The number of nitrogens with zero attached hydrogens (tertiary/aromatic N) is 3. The number of aryl methyl sites for hydroxylation is 1. The summed E-state index contributed by atoms with van der Waals surface area (Å²) in [4.78, 5) is 19.2. The molecule has 10 heteroatoms. The highest BCUT2D eigenvalue weighted by molar-refractivity contribution is 7.89. The number of hydrogen-bond acceptors (Lipinski definition) is 7. The third-order valence-electron chi connectivity index (χ3n) is 5.83. The number of carbonyl (C=O) groups excluding carboxylic acids is 1. The van der Waals surface area contributed by atoms with Crippen molar-refractivity contribution in [1.82, 2.24) is 19.8 Å². The summed E-state index contributed by atoms with van der Waals surface area (Å²) in [6, 6.07) is 21.3. The van der Waals surface area contributed by atoms with Gasteiger partial charge >= 0.3 is 6.09 Å². The number of nitrogens with one attached hydrogen (secondary N) is 1. The molecule has 1 amide bonds. The second-order valence-electron chi connectivity index (χ2n) is 10.5. The highest BCUT2D eigenvalue weighted by atomic mass is 32.2. The molecule has 0 bridgehead atoms. The number of aromatic nitrogens is 2. The first-order chi connectivity index (χ1) is 18.9. The fourth-order valence-electron chi connectivity index (χ4n) is 4.22. The molecule has 0 atom stereocenters. The summed E-state index contributed by atoms with van der Waals surface area (Å²) in [7, 11) is -3.75. The topological polar surface area (TPSA) is 115 Å². The molecule has 4 aromatic rings. The molecule has 0 fully saturated rings. The largest absolute Gasteiger partial charge is 0.415 e. The number of sulfonamides is 1. The molecular formula is C30H34N4O5S. The summed E-state index contributed by atoms with van der Waals surface area (Å²) in [5.74, 6) is 1.33. The maximum absolute atomic E-state index is 13.1. The average Bonchev–Trinajstić information content (AvgIpc) is 3.34. The number of ether oxygens (including phenoxy) is 1. The zero-order valence-electron chi connectivity index (χ0n) is 23.3. The third-order valence-corrected chi connectivity index (χ3v) is 7.64. The molecule has 1 heterocycles. The average molecular weight is 563 g/mol. The van der Waals surface area contributed by atoms with Crippen LogP contribution in [0.3, 0.4) is 0 Å². The fourth-order valence-corrected chi connectivity index (χ4v) is 5.87. The highest BCUT2D eigenvalue weighted by Gasteiger charge is 2.25. The summed E-state index contributed by atoms with van der Waals surface area (Å²) >= 11 is 0. The molecule has 3 aromatic carbocycles. The van der Waals surface area contributed by atoms with E-state index in [2.05, 4.69) is 14.9 Å². The van der Waals surface area contributed by atoms with Crippen LogP contribution in [0.2, 0.25) is 0 Å². The van der Waals surface area contributed by atoms with E-state index in [1.165, 1.54) is 0 Å². The first-order valence-corrected chi connectivity index (χ1v) is 14.5. The summed E-state index contributed by atoms with van der Waals surface area (Å²) in [5, 5.41) is 3.97. The minimum atomic E-state index is -3.75. The van der Waals surface area contributed by atoms with Crippen LogP contribution in [-0.2, 0) is 16.6 Å². The van der Waals surface area contributed by atoms with Crippen molar-refractivity contribution < 1.29 is 22.5 Å². The normalized spacial score (nSPS) is 11.8. The van der Waals surface area contributed by atoms with Crippen LogP contribution in [0, 0.1) is 6.92 Å². The predicted octanol–water partition coefficient (Wildman–Crippen LogP) is 6.20. The Bertz CT molecular complexity index is 1570. The molecule has 0 aliphatic heterocycles. The molecule has 0 unspecified atom stereocenters. The van der Waals surface area contributed by atoms with Gasteiger partial charge in [0.1, 0.15) is 5.75 Å². The van der Waals surface area contributed by atoms with Crippen LogP contribution in [-0.4, -0.2) is 41.6 Å². The second kappa shape index (κ2) is 12.0. The smallest absolute Gasteiger partial charge is 0.410 e. The number of carbonyl (C=O) groups is 1. The molecule has 40 heavy (non-hydrogen) atoms. The second-order valence-corrected chi connectivity index (χ2v) is 12.2. The zero-order chi connectivity index (χ0) is 28.9. The Morgan fingerprint density at radius 2 is 1.73 bits per heavy atom. The van der Waals surface area contributed by atoms with Crippen LogP contribution in [0.15, 0.2) is 82.2 Å². The third kappa shape index (κ3) is 7.34. The Balaban J connectivity index is 1.50. The summed E-state index contributed by atoms with van der Waals surface area (Å²) < 4.78 is 39.6. The highest BCUT2D eigenvalue weighted by Crippen LogP contribution is 2.29. The first-order valence-electron chi connectivity index (χ1n) is 13.0. The van der Waals surface area contributed by atoms with Crippen molar-refractivity contribution in [3.63, 3.8) is 0 Å². The van der Waals surface area contributed by atoms with Crippen LogP contribution < -0.4 is 9.46 Å². The molecule has 0 radical (unpaired) electrons. The van der Waals surface area contributed by atoms with Crippen molar-refractivity contribution in [2.45, 2.75) is 58.0 Å². The molecule has 0 aliphatic carbocycles. The van der Waals surface area contributed by atoms with Gasteiger partial charge in [-0.2, -0.15) is 4.98 Å². The summed E-state index contributed by atoms with van der Waals surface area (Å²) in [5.41, 5.74) is 2.33. The van der Waals surface area contributed by atoms with Crippen LogP contribution in [0.4, 0.5) is 4.79 Å². The lowest BCUT2D eigenvalue weighted by Crippen LogP contribution is -2.40. The van der Waals surface area contributed by atoms with E-state index in [0.29, 0.717) is 41.7 Å². The van der Waals surface area contributed by atoms with E-state index in [4.69, 9.17) is 9.26 Å². The van der Waals surface area contributed by atoms with Gasteiger partial charge < -0.3 is 14.2 Å². The van der Waals surface area contributed by atoms with Crippen LogP contribution >= 0.6 is 0 Å². The minimum Gasteiger partial charge on any atom is -0.410 e. The Morgan fingerprint density at radius 3 is 2.38 bits per heavy atom. The molecule has 1 aromatic heterocycles. The van der Waals surface area contributed by atoms with E-state index in [9.17, 15) is 13.2 Å². The van der Waals surface area contributed by atoms with Gasteiger partial charge in [-0.1, -0.05) is 60.6 Å². The lowest BCUT2D eigenvalue weighted by molar-refractivity contribution is 0.149. The number of benzene rings is 3. The molecule has 0 aliphatic rings. The van der Waals surface area contributed by atoms with Gasteiger partial charge in [0.05, 0.1) is 4.90 Å². The predicted molar refractivity (Wildman–Crippen MR) is 153 cm³/mol. The molecule has 1 N–H and O–H groups in total. The van der Waals surface area contributed by atoms with Crippen molar-refractivity contribution >= 4 is 16.1 Å². The number of amides is 1. The molecule has 9 nitrogen and oxygen atoms in total. The maximum Gasteiger partial charge on any atom is 0.415 e. The molecule has 0 spiro atoms. The molecule has 0 saturated carbocycles. The van der Waals surface area contributed by atoms with Crippen LogP contribution in [0.25, 0.3) is 22.5 Å². The van der Waals surface area contributed by atoms with Crippen molar-refractivity contribution in [3.05, 3.63) is 84.3 Å². The van der Waals surface area contributed by atoms with Crippen LogP contribution in [0.1, 0.15) is 45.6 Å². The lowest BCUT2D eigenvalue weighted by Gasteiger charge is -2.22. The van der Waals surface area contributed by atoms with Crippen LogP contribution in [0.5, 0.6) is 5.75 Å². The molecule has 4 rings (SSSR count). The molecular weight excluding hydrogens is 528 g/mol. The van der Waals surface area contributed by atoms with Gasteiger partial charge in [0.2, 0.25) is 21.7 Å². The quantitative estimate of drug-likeness (QED) is 0.258. The van der Waals surface area contributed by atoms with Gasteiger partial charge in [-0.15, -0.1) is 0 Å². The first kappa shape index (κ1) is 29.0.